The predicted molar refractivity (Wildman–Crippen MR) is 143 cm³/mol. The number of hydrogen-bond acceptors (Lipinski definition) is 10. The number of hydrogen-bond donors (Lipinski definition) is 2. The highest BCUT2D eigenvalue weighted by atomic mass is 19.3. The van der Waals surface area contributed by atoms with Gasteiger partial charge in [-0.05, 0) is 70.6 Å². The highest BCUT2D eigenvalue weighted by Gasteiger charge is 2.32. The van der Waals surface area contributed by atoms with Crippen molar-refractivity contribution in [1.29, 1.82) is 0 Å². The van der Waals surface area contributed by atoms with Gasteiger partial charge in [0, 0.05) is 18.2 Å². The standard InChI is InChI=1S/C22H27F2N3O4.C3H6O2.C2H5NO2/c1-12-4-3-9-27(12)21(28)18-19(13(2)25)31-20(26-18)15-7-8-16(30-22(23)24)17(10-15)29-11-14-5-6-14;1-2-5-3-4;1-5-2(3)4/h7-8,10,12-14,22H,3-6,9,11,25H2,1-2H3;3H,2H2,1H3;1H3,(H2,3,4)/t12?,13-;;/m0../s1. The number of ether oxygens (including phenoxy) is 4. The van der Waals surface area contributed by atoms with Crippen molar-refractivity contribution in [3.63, 3.8) is 0 Å². The number of methoxy groups -OCH3 is 1. The van der Waals surface area contributed by atoms with Gasteiger partial charge in [-0.25, -0.2) is 9.78 Å². The zero-order valence-corrected chi connectivity index (χ0v) is 23.6. The van der Waals surface area contributed by atoms with Crippen LogP contribution in [0, 0.1) is 5.92 Å². The van der Waals surface area contributed by atoms with Gasteiger partial charge in [-0.3, -0.25) is 9.59 Å². The Morgan fingerprint density at radius 1 is 1.24 bits per heavy atom. The summed E-state index contributed by atoms with van der Waals surface area (Å²) in [5, 5.41) is 0. The van der Waals surface area contributed by atoms with Crippen molar-refractivity contribution in [3.8, 4) is 23.0 Å². The van der Waals surface area contributed by atoms with E-state index >= 15 is 0 Å². The first-order valence-corrected chi connectivity index (χ1v) is 13.2. The van der Waals surface area contributed by atoms with E-state index in [-0.39, 0.29) is 35.0 Å². The number of carbonyl (C=O) groups is 3. The van der Waals surface area contributed by atoms with E-state index in [1.54, 1.807) is 30.9 Å². The van der Waals surface area contributed by atoms with Crippen LogP contribution in [-0.2, 0) is 14.3 Å². The molecule has 1 aliphatic heterocycles. The molecule has 2 heterocycles. The summed E-state index contributed by atoms with van der Waals surface area (Å²) in [6.45, 7) is 4.52. The van der Waals surface area contributed by atoms with Crippen molar-refractivity contribution in [2.45, 2.75) is 65.1 Å². The van der Waals surface area contributed by atoms with Gasteiger partial charge in [-0.15, -0.1) is 0 Å². The second-order valence-electron chi connectivity index (χ2n) is 9.38. The van der Waals surface area contributed by atoms with Gasteiger partial charge >= 0.3 is 12.7 Å². The summed E-state index contributed by atoms with van der Waals surface area (Å²) < 4.78 is 49.8. The van der Waals surface area contributed by atoms with E-state index < -0.39 is 18.7 Å². The summed E-state index contributed by atoms with van der Waals surface area (Å²) in [7, 11) is 1.22. The van der Waals surface area contributed by atoms with Crippen LogP contribution in [0.1, 0.15) is 68.7 Å². The van der Waals surface area contributed by atoms with E-state index in [4.69, 9.17) is 14.9 Å². The molecule has 4 N–H and O–H groups in total. The second-order valence-corrected chi connectivity index (χ2v) is 9.38. The molecule has 1 aromatic carbocycles. The van der Waals surface area contributed by atoms with Crippen molar-refractivity contribution >= 4 is 18.5 Å². The average molecular weight is 585 g/mol. The molecular weight excluding hydrogens is 546 g/mol. The average Bonchev–Trinajstić information content (AvgIpc) is 3.48. The van der Waals surface area contributed by atoms with Gasteiger partial charge in [-0.1, -0.05) is 0 Å². The molecule has 41 heavy (non-hydrogen) atoms. The molecule has 12 nitrogen and oxygen atoms in total. The van der Waals surface area contributed by atoms with E-state index in [0.717, 1.165) is 25.7 Å². The third-order valence-electron chi connectivity index (χ3n) is 6.10. The zero-order chi connectivity index (χ0) is 30.5. The van der Waals surface area contributed by atoms with Crippen LogP contribution in [0.2, 0.25) is 0 Å². The topological polar surface area (TPSA) is 169 Å². The largest absolute Gasteiger partial charge is 0.489 e. The fraction of sp³-hybridized carbons (Fsp3) is 0.556. The summed E-state index contributed by atoms with van der Waals surface area (Å²) >= 11 is 0. The number of nitrogens with zero attached hydrogens (tertiary/aromatic N) is 2. The lowest BCUT2D eigenvalue weighted by Gasteiger charge is -2.20. The number of primary amides is 1. The Hall–Kier alpha value is -3.94. The summed E-state index contributed by atoms with van der Waals surface area (Å²) in [6, 6.07) is 4.07. The van der Waals surface area contributed by atoms with Gasteiger partial charge < -0.3 is 39.7 Å². The maximum absolute atomic E-state index is 13.1. The fourth-order valence-electron chi connectivity index (χ4n) is 3.80. The first kappa shape index (κ1) is 33.3. The molecule has 0 spiro atoms. The minimum atomic E-state index is -2.97. The Bertz CT molecular complexity index is 1140. The van der Waals surface area contributed by atoms with Crippen molar-refractivity contribution in [3.05, 3.63) is 29.7 Å². The van der Waals surface area contributed by atoms with Gasteiger partial charge in [0.15, 0.2) is 23.0 Å². The van der Waals surface area contributed by atoms with Crippen LogP contribution >= 0.6 is 0 Å². The number of benzene rings is 1. The van der Waals surface area contributed by atoms with E-state index in [1.807, 2.05) is 6.92 Å². The molecule has 228 valence electrons. The first-order valence-electron chi connectivity index (χ1n) is 13.2. The van der Waals surface area contributed by atoms with Crippen LogP contribution in [0.15, 0.2) is 22.6 Å². The molecule has 4 rings (SSSR count). The highest BCUT2D eigenvalue weighted by molar-refractivity contribution is 5.94. The summed E-state index contributed by atoms with van der Waals surface area (Å²) in [5.74, 6) is 0.831. The molecule has 1 saturated heterocycles. The molecule has 0 bridgehead atoms. The summed E-state index contributed by atoms with van der Waals surface area (Å²) in [5.41, 5.74) is 11.1. The van der Waals surface area contributed by atoms with Gasteiger partial charge in [-0.2, -0.15) is 8.78 Å². The number of nitrogens with two attached hydrogens (primary N) is 2. The quantitative estimate of drug-likeness (QED) is 0.385. The van der Waals surface area contributed by atoms with Crippen molar-refractivity contribution in [2.24, 2.45) is 17.4 Å². The van der Waals surface area contributed by atoms with Crippen molar-refractivity contribution < 1.29 is 46.5 Å². The molecule has 1 saturated carbocycles. The molecule has 2 fully saturated rings. The minimum Gasteiger partial charge on any atom is -0.489 e. The van der Waals surface area contributed by atoms with Crippen molar-refractivity contribution in [2.75, 3.05) is 26.9 Å². The van der Waals surface area contributed by atoms with E-state index in [9.17, 15) is 23.2 Å². The highest BCUT2D eigenvalue weighted by Crippen LogP contribution is 2.37. The summed E-state index contributed by atoms with van der Waals surface area (Å²) in [4.78, 5) is 37.8. The Kier molecular flexibility index (Phi) is 13.3. The first-order chi connectivity index (χ1) is 19.5. The number of halogens is 2. The minimum absolute atomic E-state index is 0.0550. The normalized spacial score (nSPS) is 16.5. The van der Waals surface area contributed by atoms with Gasteiger partial charge in [0.05, 0.1) is 26.4 Å². The molecule has 2 aliphatic rings. The number of rotatable bonds is 10. The van der Waals surface area contributed by atoms with Crippen LogP contribution in [0.3, 0.4) is 0 Å². The molecule has 2 atom stereocenters. The van der Waals surface area contributed by atoms with Crippen LogP contribution in [0.5, 0.6) is 11.5 Å². The van der Waals surface area contributed by atoms with Crippen molar-refractivity contribution in [1.82, 2.24) is 9.88 Å². The lowest BCUT2D eigenvalue weighted by Crippen LogP contribution is -2.34. The molecule has 1 unspecified atom stereocenters. The smallest absolute Gasteiger partial charge is 0.404 e. The molecular formula is C27H38F2N4O8. The number of amides is 2. The maximum atomic E-state index is 13.1. The Morgan fingerprint density at radius 3 is 2.39 bits per heavy atom. The number of carbonyl (C=O) groups excluding carboxylic acids is 3. The number of aromatic nitrogens is 1. The summed E-state index contributed by atoms with van der Waals surface area (Å²) in [6.07, 6.45) is 3.26. The molecule has 2 amide bonds. The maximum Gasteiger partial charge on any atom is 0.404 e. The second kappa shape index (κ2) is 16.4. The van der Waals surface area contributed by atoms with E-state index in [1.165, 1.54) is 13.2 Å². The van der Waals surface area contributed by atoms with Crippen LogP contribution in [-0.4, -0.2) is 67.9 Å². The van der Waals surface area contributed by atoms with Crippen LogP contribution in [0.4, 0.5) is 13.6 Å². The molecule has 1 aliphatic carbocycles. The van der Waals surface area contributed by atoms with Gasteiger partial charge in [0.2, 0.25) is 5.89 Å². The fourth-order valence-corrected chi connectivity index (χ4v) is 3.80. The molecule has 2 aromatic rings. The van der Waals surface area contributed by atoms with Gasteiger partial charge in [0.25, 0.3) is 12.4 Å². The monoisotopic (exact) mass is 584 g/mol. The van der Waals surface area contributed by atoms with Crippen LogP contribution in [0.25, 0.3) is 11.5 Å². The number of alkyl halides is 2. The predicted octanol–water partition coefficient (Wildman–Crippen LogP) is 4.27. The third-order valence-corrected chi connectivity index (χ3v) is 6.10. The third kappa shape index (κ3) is 10.5. The number of oxazole rings is 1. The lowest BCUT2D eigenvalue weighted by molar-refractivity contribution is -0.128. The Labute approximate surface area is 237 Å². The zero-order valence-electron chi connectivity index (χ0n) is 23.6. The lowest BCUT2D eigenvalue weighted by atomic mass is 10.2. The Morgan fingerprint density at radius 2 is 1.93 bits per heavy atom. The number of likely N-dealkylation sites (tertiary alicyclic amines) is 1. The molecule has 0 radical (unpaired) electrons. The van der Waals surface area contributed by atoms with E-state index in [0.29, 0.717) is 43.5 Å². The van der Waals surface area contributed by atoms with Crippen LogP contribution < -0.4 is 20.9 Å². The molecule has 14 heteroatoms. The SMILES string of the molecule is CC1CCCN1C(=O)c1nc(-c2ccc(OC(F)F)c(OCC3CC3)c2)oc1[C@H](C)N.CCOC=O.COC(N)=O. The molecule has 1 aromatic heterocycles. The van der Waals surface area contributed by atoms with E-state index in [2.05, 4.69) is 24.9 Å². The Balaban J connectivity index is 0.000000507. The van der Waals surface area contributed by atoms with Gasteiger partial charge in [0.1, 0.15) is 0 Å².